The van der Waals surface area contributed by atoms with Gasteiger partial charge in [-0.25, -0.2) is 0 Å². The fraction of sp³-hybridized carbons (Fsp3) is 0.909. The van der Waals surface area contributed by atoms with Crippen molar-refractivity contribution in [2.45, 2.75) is 44.9 Å². The van der Waals surface area contributed by atoms with Gasteiger partial charge in [-0.3, -0.25) is 4.79 Å². The van der Waals surface area contributed by atoms with Crippen LogP contribution in [0.3, 0.4) is 0 Å². The van der Waals surface area contributed by atoms with Gasteiger partial charge in [0.25, 0.3) is 0 Å². The lowest BCUT2D eigenvalue weighted by Gasteiger charge is -2.19. The predicted molar refractivity (Wildman–Crippen MR) is 60.8 cm³/mol. The molecule has 0 saturated carbocycles. The molecule has 1 heterocycles. The molecule has 0 aromatic rings. The standard InChI is InChI=1S/C11H22N2O3/c1-3-10-8(4-5-16-10)11(15)13-6-9(12)7(2)14/h7-10,14H,3-6,12H2,1-2H3,(H,13,15). The number of amides is 1. The fourth-order valence-corrected chi connectivity index (χ4v) is 1.87. The summed E-state index contributed by atoms with van der Waals surface area (Å²) in [4.78, 5) is 11.8. The second-order valence-electron chi connectivity index (χ2n) is 4.36. The summed E-state index contributed by atoms with van der Waals surface area (Å²) in [5.41, 5.74) is 5.63. The molecule has 94 valence electrons. The number of aliphatic hydroxyl groups is 1. The Morgan fingerprint density at radius 3 is 2.94 bits per heavy atom. The molecule has 0 aromatic carbocycles. The molecule has 1 saturated heterocycles. The van der Waals surface area contributed by atoms with Gasteiger partial charge in [0.1, 0.15) is 0 Å². The summed E-state index contributed by atoms with van der Waals surface area (Å²) in [5.74, 6) is -0.0772. The average molecular weight is 230 g/mol. The molecule has 4 unspecified atom stereocenters. The molecule has 0 aromatic heterocycles. The maximum atomic E-state index is 11.8. The van der Waals surface area contributed by atoms with Gasteiger partial charge in [-0.2, -0.15) is 0 Å². The highest BCUT2D eigenvalue weighted by molar-refractivity contribution is 5.79. The molecule has 0 spiro atoms. The zero-order valence-electron chi connectivity index (χ0n) is 9.98. The Morgan fingerprint density at radius 1 is 1.69 bits per heavy atom. The number of hydrogen-bond acceptors (Lipinski definition) is 4. The first kappa shape index (κ1) is 13.4. The molecule has 4 N–H and O–H groups in total. The Kier molecular flexibility index (Phi) is 5.18. The average Bonchev–Trinajstić information content (AvgIpc) is 2.73. The van der Waals surface area contributed by atoms with E-state index in [2.05, 4.69) is 5.32 Å². The highest BCUT2D eigenvalue weighted by atomic mass is 16.5. The largest absolute Gasteiger partial charge is 0.392 e. The molecular formula is C11H22N2O3. The van der Waals surface area contributed by atoms with Gasteiger partial charge in [0.15, 0.2) is 0 Å². The molecule has 1 fully saturated rings. The number of hydrogen-bond donors (Lipinski definition) is 3. The van der Waals surface area contributed by atoms with Crippen LogP contribution in [0.4, 0.5) is 0 Å². The molecule has 1 amide bonds. The fourth-order valence-electron chi connectivity index (χ4n) is 1.87. The molecule has 1 rings (SSSR count). The first-order valence-electron chi connectivity index (χ1n) is 5.89. The lowest BCUT2D eigenvalue weighted by Crippen LogP contribution is -2.46. The van der Waals surface area contributed by atoms with Crippen LogP contribution in [0.2, 0.25) is 0 Å². The minimum Gasteiger partial charge on any atom is -0.392 e. The first-order chi connectivity index (χ1) is 7.56. The number of rotatable bonds is 5. The van der Waals surface area contributed by atoms with E-state index in [1.807, 2.05) is 6.92 Å². The summed E-state index contributed by atoms with van der Waals surface area (Å²) >= 11 is 0. The van der Waals surface area contributed by atoms with Gasteiger partial charge >= 0.3 is 0 Å². The van der Waals surface area contributed by atoms with E-state index in [-0.39, 0.29) is 17.9 Å². The van der Waals surface area contributed by atoms with E-state index >= 15 is 0 Å². The summed E-state index contributed by atoms with van der Waals surface area (Å²) in [7, 11) is 0. The minimum atomic E-state index is -0.609. The van der Waals surface area contributed by atoms with Crippen LogP contribution in [-0.2, 0) is 9.53 Å². The highest BCUT2D eigenvalue weighted by Crippen LogP contribution is 2.23. The van der Waals surface area contributed by atoms with Crippen LogP contribution in [0.5, 0.6) is 0 Å². The lowest BCUT2D eigenvalue weighted by atomic mass is 9.98. The Bertz CT molecular complexity index is 233. The van der Waals surface area contributed by atoms with Crippen molar-refractivity contribution in [3.05, 3.63) is 0 Å². The Hall–Kier alpha value is -0.650. The van der Waals surface area contributed by atoms with E-state index in [0.29, 0.717) is 13.2 Å². The molecule has 16 heavy (non-hydrogen) atoms. The maximum Gasteiger partial charge on any atom is 0.225 e. The summed E-state index contributed by atoms with van der Waals surface area (Å²) in [6.45, 7) is 4.59. The van der Waals surface area contributed by atoms with Crippen LogP contribution in [-0.4, -0.2) is 42.4 Å². The second-order valence-corrected chi connectivity index (χ2v) is 4.36. The SMILES string of the molecule is CCC1OCCC1C(=O)NCC(N)C(C)O. The van der Waals surface area contributed by atoms with E-state index in [4.69, 9.17) is 10.5 Å². The van der Waals surface area contributed by atoms with Gasteiger partial charge in [0, 0.05) is 19.2 Å². The van der Waals surface area contributed by atoms with Gasteiger partial charge in [0.2, 0.25) is 5.91 Å². The van der Waals surface area contributed by atoms with E-state index in [9.17, 15) is 9.90 Å². The third-order valence-electron chi connectivity index (χ3n) is 3.08. The van der Waals surface area contributed by atoms with Crippen molar-refractivity contribution in [2.24, 2.45) is 11.7 Å². The normalized spacial score (nSPS) is 28.8. The number of carbonyl (C=O) groups is 1. The van der Waals surface area contributed by atoms with Crippen LogP contribution in [0, 0.1) is 5.92 Å². The molecule has 0 radical (unpaired) electrons. The molecule has 1 aliphatic heterocycles. The highest BCUT2D eigenvalue weighted by Gasteiger charge is 2.32. The lowest BCUT2D eigenvalue weighted by molar-refractivity contribution is -0.126. The zero-order chi connectivity index (χ0) is 12.1. The van der Waals surface area contributed by atoms with Crippen molar-refractivity contribution in [1.82, 2.24) is 5.32 Å². The second kappa shape index (κ2) is 6.18. The molecule has 0 aliphatic carbocycles. The summed E-state index contributed by atoms with van der Waals surface area (Å²) in [5, 5.41) is 12.0. The quantitative estimate of drug-likeness (QED) is 0.601. The van der Waals surface area contributed by atoms with Crippen LogP contribution in [0.25, 0.3) is 0 Å². The van der Waals surface area contributed by atoms with Gasteiger partial charge in [-0.1, -0.05) is 6.92 Å². The Balaban J connectivity index is 2.34. The molecule has 5 heteroatoms. The Morgan fingerprint density at radius 2 is 2.38 bits per heavy atom. The molecule has 0 bridgehead atoms. The van der Waals surface area contributed by atoms with E-state index < -0.39 is 12.1 Å². The molecular weight excluding hydrogens is 208 g/mol. The smallest absolute Gasteiger partial charge is 0.225 e. The number of nitrogens with one attached hydrogen (secondary N) is 1. The van der Waals surface area contributed by atoms with Crippen molar-refractivity contribution < 1.29 is 14.6 Å². The van der Waals surface area contributed by atoms with Crippen molar-refractivity contribution in [3.63, 3.8) is 0 Å². The summed E-state index contributed by atoms with van der Waals surface area (Å²) in [6, 6.07) is -0.411. The van der Waals surface area contributed by atoms with E-state index in [1.54, 1.807) is 6.92 Å². The Labute approximate surface area is 96.3 Å². The number of ether oxygens (including phenoxy) is 1. The van der Waals surface area contributed by atoms with Crippen LogP contribution < -0.4 is 11.1 Å². The summed E-state index contributed by atoms with van der Waals surface area (Å²) in [6.07, 6.45) is 1.04. The number of nitrogens with two attached hydrogens (primary N) is 1. The summed E-state index contributed by atoms with van der Waals surface area (Å²) < 4.78 is 5.45. The van der Waals surface area contributed by atoms with Crippen molar-refractivity contribution in [2.75, 3.05) is 13.2 Å². The molecule has 4 atom stereocenters. The van der Waals surface area contributed by atoms with Crippen molar-refractivity contribution in [1.29, 1.82) is 0 Å². The topological polar surface area (TPSA) is 84.6 Å². The maximum absolute atomic E-state index is 11.8. The number of carbonyl (C=O) groups excluding carboxylic acids is 1. The number of aliphatic hydroxyl groups excluding tert-OH is 1. The van der Waals surface area contributed by atoms with Gasteiger partial charge in [-0.05, 0) is 19.8 Å². The third-order valence-corrected chi connectivity index (χ3v) is 3.08. The van der Waals surface area contributed by atoms with Crippen LogP contribution in [0.1, 0.15) is 26.7 Å². The monoisotopic (exact) mass is 230 g/mol. The van der Waals surface area contributed by atoms with Gasteiger partial charge < -0.3 is 20.9 Å². The molecule has 1 aliphatic rings. The van der Waals surface area contributed by atoms with Gasteiger partial charge in [-0.15, -0.1) is 0 Å². The zero-order valence-corrected chi connectivity index (χ0v) is 9.98. The predicted octanol–water partition coefficient (Wildman–Crippen LogP) is -0.374. The minimum absolute atomic E-state index is 0.0135. The van der Waals surface area contributed by atoms with E-state index in [1.165, 1.54) is 0 Å². The van der Waals surface area contributed by atoms with Crippen molar-refractivity contribution >= 4 is 5.91 Å². The third kappa shape index (κ3) is 3.43. The van der Waals surface area contributed by atoms with Gasteiger partial charge in [0.05, 0.1) is 18.1 Å². The molecule has 5 nitrogen and oxygen atoms in total. The van der Waals surface area contributed by atoms with Crippen LogP contribution >= 0.6 is 0 Å². The van der Waals surface area contributed by atoms with Crippen LogP contribution in [0.15, 0.2) is 0 Å². The van der Waals surface area contributed by atoms with E-state index in [0.717, 1.165) is 12.8 Å². The first-order valence-corrected chi connectivity index (χ1v) is 5.89. The van der Waals surface area contributed by atoms with Crippen molar-refractivity contribution in [3.8, 4) is 0 Å².